The van der Waals surface area contributed by atoms with Crippen LogP contribution in [-0.2, 0) is 16.1 Å². The summed E-state index contributed by atoms with van der Waals surface area (Å²) in [5, 5.41) is 0. The van der Waals surface area contributed by atoms with Gasteiger partial charge in [-0.2, -0.15) is 0 Å². The summed E-state index contributed by atoms with van der Waals surface area (Å²) in [7, 11) is 0. The van der Waals surface area contributed by atoms with Gasteiger partial charge in [-0.1, -0.05) is 12.1 Å². The Balaban J connectivity index is 2.58. The van der Waals surface area contributed by atoms with Gasteiger partial charge in [-0.15, -0.1) is 0 Å². The van der Waals surface area contributed by atoms with E-state index in [4.69, 9.17) is 0 Å². The van der Waals surface area contributed by atoms with E-state index in [1.54, 1.807) is 12.1 Å². The number of halogens is 1. The second-order valence-electron chi connectivity index (χ2n) is 2.00. The van der Waals surface area contributed by atoms with Gasteiger partial charge in [0, 0.05) is 0 Å². The molecule has 1 aromatic carbocycles. The van der Waals surface area contributed by atoms with E-state index >= 15 is 0 Å². The normalized spacial score (nSPS) is 9.18. The van der Waals surface area contributed by atoms with Crippen molar-refractivity contribution < 1.29 is 13.9 Å². The van der Waals surface area contributed by atoms with Crippen LogP contribution >= 0.6 is 0 Å². The first-order valence-electron chi connectivity index (χ1n) is 3.06. The third kappa shape index (κ3) is 2.37. The first-order valence-corrected chi connectivity index (χ1v) is 3.06. The van der Waals surface area contributed by atoms with Gasteiger partial charge >= 0.3 is 6.47 Å². The highest BCUT2D eigenvalue weighted by Crippen LogP contribution is 2.02. The minimum Gasteiger partial charge on any atom is -0.452 e. The predicted molar refractivity (Wildman–Crippen MR) is 36.9 cm³/mol. The zero-order chi connectivity index (χ0) is 8.10. The van der Waals surface area contributed by atoms with Crippen LogP contribution in [0, 0.1) is 5.82 Å². The first-order chi connectivity index (χ1) is 5.33. The Morgan fingerprint density at radius 2 is 2.00 bits per heavy atom. The molecule has 0 aliphatic carbocycles. The summed E-state index contributed by atoms with van der Waals surface area (Å²) in [6.07, 6.45) is 0. The van der Waals surface area contributed by atoms with Gasteiger partial charge in [0.05, 0.1) is 0 Å². The van der Waals surface area contributed by atoms with E-state index < -0.39 is 0 Å². The maximum absolute atomic E-state index is 12.3. The number of carbonyl (C=O) groups excluding carboxylic acids is 1. The molecule has 0 N–H and O–H groups in total. The van der Waals surface area contributed by atoms with Crippen molar-refractivity contribution in [1.82, 2.24) is 0 Å². The Morgan fingerprint density at radius 1 is 1.36 bits per heavy atom. The van der Waals surface area contributed by atoms with Crippen molar-refractivity contribution in [3.8, 4) is 0 Å². The van der Waals surface area contributed by atoms with Gasteiger partial charge in [0.15, 0.2) is 0 Å². The lowest BCUT2D eigenvalue weighted by molar-refractivity contribution is 0.267. The van der Waals surface area contributed by atoms with Crippen LogP contribution in [0.4, 0.5) is 4.39 Å². The van der Waals surface area contributed by atoms with Crippen LogP contribution in [0.2, 0.25) is 0 Å². The summed E-state index contributed by atoms with van der Waals surface area (Å²) in [5.74, 6) is -0.302. The number of hydrogen-bond donors (Lipinski definition) is 0. The van der Waals surface area contributed by atoms with E-state index in [9.17, 15) is 9.18 Å². The van der Waals surface area contributed by atoms with Crippen molar-refractivity contribution in [1.29, 1.82) is 0 Å². The highest BCUT2D eigenvalue weighted by atomic mass is 19.1. The molecule has 0 spiro atoms. The Kier molecular flexibility index (Phi) is 2.60. The molecule has 0 fully saturated rings. The molecule has 0 unspecified atom stereocenters. The molecule has 0 heterocycles. The summed E-state index contributed by atoms with van der Waals surface area (Å²) in [6.45, 7) is 1.43. The van der Waals surface area contributed by atoms with Gasteiger partial charge in [0.1, 0.15) is 12.4 Å². The molecule has 0 aliphatic heterocycles. The van der Waals surface area contributed by atoms with Crippen LogP contribution in [0.15, 0.2) is 24.3 Å². The standard InChI is InChI=1S/C8H6FO2/c9-8-3-1-7(2-4-8)5-11-6-10/h1-4H,5H2. The van der Waals surface area contributed by atoms with Gasteiger partial charge in [0.2, 0.25) is 0 Å². The monoisotopic (exact) mass is 153 g/mol. The summed E-state index contributed by atoms with van der Waals surface area (Å²) in [4.78, 5) is 9.62. The molecule has 3 heteroatoms. The number of ether oxygens (including phenoxy) is 1. The van der Waals surface area contributed by atoms with Crippen molar-refractivity contribution >= 4 is 6.47 Å². The lowest BCUT2D eigenvalue weighted by atomic mass is 10.2. The molecule has 0 aromatic heterocycles. The first kappa shape index (κ1) is 7.72. The largest absolute Gasteiger partial charge is 0.452 e. The van der Waals surface area contributed by atoms with Crippen LogP contribution in [0.1, 0.15) is 5.56 Å². The number of rotatable bonds is 3. The lowest BCUT2D eigenvalue weighted by Gasteiger charge is -1.96. The number of benzene rings is 1. The third-order valence-corrected chi connectivity index (χ3v) is 1.21. The van der Waals surface area contributed by atoms with E-state index in [0.29, 0.717) is 0 Å². The van der Waals surface area contributed by atoms with Crippen LogP contribution in [0.3, 0.4) is 0 Å². The average Bonchev–Trinajstić information content (AvgIpc) is 2.04. The molecule has 57 valence electrons. The topological polar surface area (TPSA) is 26.3 Å². The maximum atomic E-state index is 12.3. The van der Waals surface area contributed by atoms with Crippen LogP contribution in [0.5, 0.6) is 0 Å². The fourth-order valence-electron chi connectivity index (χ4n) is 0.693. The predicted octanol–water partition coefficient (Wildman–Crippen LogP) is 1.41. The van der Waals surface area contributed by atoms with Crippen LogP contribution in [0.25, 0.3) is 0 Å². The Bertz CT molecular complexity index is 230. The molecule has 11 heavy (non-hydrogen) atoms. The van der Waals surface area contributed by atoms with Crippen LogP contribution in [-0.4, -0.2) is 6.47 Å². The summed E-state index contributed by atoms with van der Waals surface area (Å²) < 4.78 is 16.6. The molecule has 1 radical (unpaired) electrons. The summed E-state index contributed by atoms with van der Waals surface area (Å²) in [6, 6.07) is 5.71. The molecule has 1 aromatic rings. The molecule has 0 aliphatic rings. The van der Waals surface area contributed by atoms with Gasteiger partial charge in [0.25, 0.3) is 0 Å². The van der Waals surface area contributed by atoms with E-state index in [2.05, 4.69) is 4.74 Å². The molecule has 1 rings (SSSR count). The summed E-state index contributed by atoms with van der Waals surface area (Å²) >= 11 is 0. The van der Waals surface area contributed by atoms with Crippen molar-refractivity contribution in [2.24, 2.45) is 0 Å². The summed E-state index contributed by atoms with van der Waals surface area (Å²) in [5.41, 5.74) is 0.745. The molecule has 0 saturated carbocycles. The smallest absolute Gasteiger partial charge is 0.417 e. The van der Waals surface area contributed by atoms with Gasteiger partial charge in [-0.3, -0.25) is 0 Å². The molecule has 0 bridgehead atoms. The van der Waals surface area contributed by atoms with Crippen molar-refractivity contribution in [3.05, 3.63) is 35.6 Å². The zero-order valence-electron chi connectivity index (χ0n) is 5.71. The Labute approximate surface area is 63.6 Å². The molecule has 0 saturated heterocycles. The lowest BCUT2D eigenvalue weighted by Crippen LogP contribution is -1.89. The second-order valence-corrected chi connectivity index (χ2v) is 2.00. The fourth-order valence-corrected chi connectivity index (χ4v) is 0.693. The van der Waals surface area contributed by atoms with Crippen molar-refractivity contribution in [2.75, 3.05) is 0 Å². The molecule has 2 nitrogen and oxygen atoms in total. The second kappa shape index (κ2) is 3.71. The zero-order valence-corrected chi connectivity index (χ0v) is 5.71. The molecular formula is C8H6FO2. The van der Waals surface area contributed by atoms with Crippen LogP contribution < -0.4 is 0 Å². The van der Waals surface area contributed by atoms with Gasteiger partial charge < -0.3 is 4.74 Å². The maximum Gasteiger partial charge on any atom is 0.417 e. The van der Waals surface area contributed by atoms with E-state index in [-0.39, 0.29) is 12.4 Å². The third-order valence-electron chi connectivity index (χ3n) is 1.21. The SMILES string of the molecule is O=[C]OCc1ccc(F)cc1. The quantitative estimate of drug-likeness (QED) is 0.656. The fraction of sp³-hybridized carbons (Fsp3) is 0.125. The van der Waals surface area contributed by atoms with Crippen molar-refractivity contribution in [3.63, 3.8) is 0 Å². The van der Waals surface area contributed by atoms with Crippen molar-refractivity contribution in [2.45, 2.75) is 6.61 Å². The average molecular weight is 153 g/mol. The van der Waals surface area contributed by atoms with E-state index in [1.165, 1.54) is 18.6 Å². The minimum atomic E-state index is -0.302. The Hall–Kier alpha value is -1.38. The highest BCUT2D eigenvalue weighted by Gasteiger charge is 1.92. The molecule has 0 amide bonds. The minimum absolute atomic E-state index is 0.143. The number of hydrogen-bond acceptors (Lipinski definition) is 2. The molecular weight excluding hydrogens is 147 g/mol. The highest BCUT2D eigenvalue weighted by molar-refractivity contribution is 5.38. The molecule has 0 atom stereocenters. The van der Waals surface area contributed by atoms with Gasteiger partial charge in [-0.25, -0.2) is 9.18 Å². The van der Waals surface area contributed by atoms with E-state index in [1.807, 2.05) is 0 Å². The van der Waals surface area contributed by atoms with E-state index in [0.717, 1.165) is 5.56 Å². The Morgan fingerprint density at radius 3 is 2.55 bits per heavy atom. The van der Waals surface area contributed by atoms with Gasteiger partial charge in [-0.05, 0) is 17.7 Å².